The molecule has 70 valence electrons. The van der Waals surface area contributed by atoms with Crippen LogP contribution in [0, 0.1) is 5.21 Å². The molecule has 1 saturated heterocycles. The van der Waals surface area contributed by atoms with E-state index in [0.29, 0.717) is 18.8 Å². The summed E-state index contributed by atoms with van der Waals surface area (Å²) in [5.41, 5.74) is 0. The Balaban J connectivity index is 2.06. The highest BCUT2D eigenvalue weighted by Gasteiger charge is 2.25. The first-order valence-corrected chi connectivity index (χ1v) is 4.12. The SMILES string of the molecule is O=C(c1ccco1)N1CC[NH+]([O-])C1. The van der Waals surface area contributed by atoms with Crippen LogP contribution in [0.5, 0.6) is 0 Å². The van der Waals surface area contributed by atoms with E-state index in [2.05, 4.69) is 0 Å². The third-order valence-electron chi connectivity index (χ3n) is 2.05. The van der Waals surface area contributed by atoms with Gasteiger partial charge in [0.1, 0.15) is 0 Å². The van der Waals surface area contributed by atoms with Crippen LogP contribution in [-0.2, 0) is 0 Å². The molecule has 1 aromatic rings. The average molecular weight is 182 g/mol. The molecule has 0 aromatic carbocycles. The van der Waals surface area contributed by atoms with E-state index < -0.39 is 0 Å². The molecule has 1 atom stereocenters. The van der Waals surface area contributed by atoms with E-state index in [1.165, 1.54) is 11.2 Å². The maximum atomic E-state index is 11.5. The van der Waals surface area contributed by atoms with Crippen molar-refractivity contribution in [2.24, 2.45) is 0 Å². The lowest BCUT2D eigenvalue weighted by Gasteiger charge is -2.15. The van der Waals surface area contributed by atoms with Gasteiger partial charge in [-0.05, 0) is 12.1 Å². The largest absolute Gasteiger partial charge is 0.633 e. The van der Waals surface area contributed by atoms with Crippen LogP contribution in [0.25, 0.3) is 0 Å². The van der Waals surface area contributed by atoms with E-state index in [-0.39, 0.29) is 17.6 Å². The Bertz CT molecular complexity index is 296. The van der Waals surface area contributed by atoms with Gasteiger partial charge >= 0.3 is 0 Å². The van der Waals surface area contributed by atoms with Crippen molar-refractivity contribution in [3.8, 4) is 0 Å². The van der Waals surface area contributed by atoms with Crippen LogP contribution in [0.3, 0.4) is 0 Å². The van der Waals surface area contributed by atoms with Gasteiger partial charge in [-0.25, -0.2) is 0 Å². The molecule has 1 aromatic heterocycles. The molecule has 0 radical (unpaired) electrons. The fraction of sp³-hybridized carbons (Fsp3) is 0.375. The predicted molar refractivity (Wildman–Crippen MR) is 43.8 cm³/mol. The summed E-state index contributed by atoms with van der Waals surface area (Å²) in [6, 6.07) is 3.26. The molecule has 0 bridgehead atoms. The number of amides is 1. The summed E-state index contributed by atoms with van der Waals surface area (Å²) < 4.78 is 4.94. The number of carbonyl (C=O) groups is 1. The zero-order valence-electron chi connectivity index (χ0n) is 7.03. The van der Waals surface area contributed by atoms with Gasteiger partial charge < -0.3 is 14.7 Å². The summed E-state index contributed by atoms with van der Waals surface area (Å²) in [5.74, 6) is 0.102. The van der Waals surface area contributed by atoms with Gasteiger partial charge in [0, 0.05) is 0 Å². The summed E-state index contributed by atoms with van der Waals surface area (Å²) in [5, 5.41) is 11.0. The molecular formula is C8H10N2O3. The first-order chi connectivity index (χ1) is 6.27. The van der Waals surface area contributed by atoms with Crippen molar-refractivity contribution in [3.05, 3.63) is 29.4 Å². The maximum Gasteiger partial charge on any atom is 0.294 e. The molecule has 0 spiro atoms. The van der Waals surface area contributed by atoms with Crippen LogP contribution in [0.2, 0.25) is 0 Å². The maximum absolute atomic E-state index is 11.5. The smallest absolute Gasteiger partial charge is 0.294 e. The number of nitrogens with zero attached hydrogens (tertiary/aromatic N) is 1. The molecule has 1 fully saturated rings. The highest BCUT2D eigenvalue weighted by atomic mass is 16.5. The molecule has 1 unspecified atom stereocenters. The number of furan rings is 1. The van der Waals surface area contributed by atoms with Crippen molar-refractivity contribution in [3.63, 3.8) is 0 Å². The molecule has 5 heteroatoms. The minimum absolute atomic E-state index is 0.111. The quantitative estimate of drug-likeness (QED) is 0.571. The second-order valence-electron chi connectivity index (χ2n) is 2.99. The Morgan fingerprint density at radius 1 is 1.69 bits per heavy atom. The minimum atomic E-state index is -0.198. The number of hydroxylamine groups is 2. The number of nitrogens with one attached hydrogen (secondary N) is 1. The number of hydrogen-bond acceptors (Lipinski definition) is 3. The van der Waals surface area contributed by atoms with Crippen molar-refractivity contribution in [2.45, 2.75) is 0 Å². The van der Waals surface area contributed by atoms with E-state index in [0.717, 1.165) is 0 Å². The van der Waals surface area contributed by atoms with E-state index >= 15 is 0 Å². The molecular weight excluding hydrogens is 172 g/mol. The highest BCUT2D eigenvalue weighted by Crippen LogP contribution is 2.04. The standard InChI is InChI=1S/C8H10N2O3/c11-8(7-2-1-5-13-7)9-3-4-10(12)6-9/h1-2,5,10H,3-4,6H2. The Morgan fingerprint density at radius 2 is 2.54 bits per heavy atom. The highest BCUT2D eigenvalue weighted by molar-refractivity contribution is 5.91. The molecule has 1 amide bonds. The van der Waals surface area contributed by atoms with Crippen molar-refractivity contribution in [1.82, 2.24) is 4.90 Å². The normalized spacial score (nSPS) is 22.2. The lowest BCUT2D eigenvalue weighted by atomic mass is 10.4. The van der Waals surface area contributed by atoms with Gasteiger partial charge in [-0.3, -0.25) is 9.69 Å². The fourth-order valence-corrected chi connectivity index (χ4v) is 1.36. The lowest BCUT2D eigenvalue weighted by Crippen LogP contribution is -3.05. The average Bonchev–Trinajstić information content (AvgIpc) is 2.72. The van der Waals surface area contributed by atoms with Gasteiger partial charge in [0.25, 0.3) is 5.91 Å². The molecule has 1 N–H and O–H groups in total. The minimum Gasteiger partial charge on any atom is -0.633 e. The van der Waals surface area contributed by atoms with Gasteiger partial charge in [-0.2, -0.15) is 0 Å². The van der Waals surface area contributed by atoms with Crippen LogP contribution in [0.15, 0.2) is 22.8 Å². The summed E-state index contributed by atoms with van der Waals surface area (Å²) in [6.45, 7) is 1.20. The van der Waals surface area contributed by atoms with Crippen molar-refractivity contribution in [2.75, 3.05) is 19.8 Å². The molecule has 0 saturated carbocycles. The number of rotatable bonds is 1. The Kier molecular flexibility index (Phi) is 2.03. The topological polar surface area (TPSA) is 61.0 Å². The summed E-state index contributed by atoms with van der Waals surface area (Å²) in [7, 11) is 0. The van der Waals surface area contributed by atoms with Gasteiger partial charge in [-0.1, -0.05) is 0 Å². The number of carbonyl (C=O) groups excluding carboxylic acids is 1. The van der Waals surface area contributed by atoms with Crippen LogP contribution in [-0.4, -0.2) is 30.6 Å². The summed E-state index contributed by atoms with van der Waals surface area (Å²) in [4.78, 5) is 13.0. The zero-order valence-corrected chi connectivity index (χ0v) is 7.03. The molecule has 1 aliphatic heterocycles. The van der Waals surface area contributed by atoms with E-state index in [9.17, 15) is 10.0 Å². The lowest BCUT2D eigenvalue weighted by molar-refractivity contribution is -0.838. The number of hydrogen-bond donors (Lipinski definition) is 1. The van der Waals surface area contributed by atoms with E-state index in [4.69, 9.17) is 4.42 Å². The Morgan fingerprint density at radius 3 is 3.08 bits per heavy atom. The second-order valence-corrected chi connectivity index (χ2v) is 2.99. The Labute approximate surface area is 75.1 Å². The van der Waals surface area contributed by atoms with Crippen LogP contribution < -0.4 is 5.06 Å². The third kappa shape index (κ3) is 1.56. The molecule has 2 rings (SSSR count). The first-order valence-electron chi connectivity index (χ1n) is 4.12. The van der Waals surface area contributed by atoms with Crippen LogP contribution >= 0.6 is 0 Å². The molecule has 1 aliphatic rings. The first kappa shape index (κ1) is 8.28. The van der Waals surface area contributed by atoms with Crippen LogP contribution in [0.1, 0.15) is 10.6 Å². The third-order valence-corrected chi connectivity index (χ3v) is 2.05. The van der Waals surface area contributed by atoms with Gasteiger partial charge in [-0.15, -0.1) is 0 Å². The predicted octanol–water partition coefficient (Wildman–Crippen LogP) is -0.924. The molecule has 2 heterocycles. The van der Waals surface area contributed by atoms with Gasteiger partial charge in [0.15, 0.2) is 12.4 Å². The van der Waals surface area contributed by atoms with Gasteiger partial charge in [0.2, 0.25) is 0 Å². The summed E-state index contributed by atoms with van der Waals surface area (Å²) in [6.07, 6.45) is 1.45. The van der Waals surface area contributed by atoms with Gasteiger partial charge in [0.05, 0.1) is 19.4 Å². The monoisotopic (exact) mass is 182 g/mol. The Hall–Kier alpha value is -1.33. The van der Waals surface area contributed by atoms with E-state index in [1.807, 2.05) is 0 Å². The van der Waals surface area contributed by atoms with Crippen molar-refractivity contribution < 1.29 is 14.3 Å². The van der Waals surface area contributed by atoms with E-state index in [1.54, 1.807) is 12.1 Å². The van der Waals surface area contributed by atoms with Crippen molar-refractivity contribution >= 4 is 5.91 Å². The molecule has 5 nitrogen and oxygen atoms in total. The summed E-state index contributed by atoms with van der Waals surface area (Å²) >= 11 is 0. The van der Waals surface area contributed by atoms with Crippen molar-refractivity contribution in [1.29, 1.82) is 0 Å². The number of quaternary nitrogens is 1. The van der Waals surface area contributed by atoms with Crippen LogP contribution in [0.4, 0.5) is 0 Å². The second kappa shape index (κ2) is 3.20. The zero-order chi connectivity index (χ0) is 9.26. The molecule has 0 aliphatic carbocycles. The molecule has 13 heavy (non-hydrogen) atoms. The fourth-order valence-electron chi connectivity index (χ4n) is 1.36.